The molecule has 0 aromatic carbocycles. The van der Waals surface area contributed by atoms with Gasteiger partial charge < -0.3 is 0 Å². The van der Waals surface area contributed by atoms with Gasteiger partial charge in [0.1, 0.15) is 0 Å². The summed E-state index contributed by atoms with van der Waals surface area (Å²) in [4.78, 5) is 0. The Bertz CT molecular complexity index is 125. The normalized spacial score (nSPS) is 20.0. The third kappa shape index (κ3) is 2.43. The molecule has 0 N–H and O–H groups in total. The molecule has 0 heterocycles. The highest BCUT2D eigenvalue weighted by Gasteiger charge is 2.21. The van der Waals surface area contributed by atoms with Crippen LogP contribution in [-0.4, -0.2) is 0 Å². The van der Waals surface area contributed by atoms with Crippen LogP contribution in [0.3, 0.4) is 0 Å². The molecule has 0 spiro atoms. The molecule has 0 nitrogen and oxygen atoms in total. The number of hydrogen-bond donors (Lipinski definition) is 0. The van der Waals surface area contributed by atoms with E-state index >= 15 is 0 Å². The maximum Gasteiger partial charge on any atom is 0.0197 e. The second kappa shape index (κ2) is 3.66. The van der Waals surface area contributed by atoms with Crippen LogP contribution in [0.4, 0.5) is 0 Å². The van der Waals surface area contributed by atoms with E-state index in [4.69, 9.17) is 6.42 Å². The van der Waals surface area contributed by atoms with Crippen LogP contribution in [0.1, 0.15) is 39.0 Å². The van der Waals surface area contributed by atoms with Gasteiger partial charge in [-0.3, -0.25) is 0 Å². The van der Waals surface area contributed by atoms with Crippen molar-refractivity contribution in [2.45, 2.75) is 39.0 Å². The van der Waals surface area contributed by atoms with Crippen LogP contribution in [0.2, 0.25) is 0 Å². The summed E-state index contributed by atoms with van der Waals surface area (Å²) in [7, 11) is 0. The molecular formula is C10H16. The van der Waals surface area contributed by atoms with E-state index < -0.39 is 0 Å². The summed E-state index contributed by atoms with van der Waals surface area (Å²) in [5, 5.41) is 0. The van der Waals surface area contributed by atoms with Gasteiger partial charge in [0.15, 0.2) is 0 Å². The molecule has 0 aromatic heterocycles. The summed E-state index contributed by atoms with van der Waals surface area (Å²) in [6.07, 6.45) is 12.1. The van der Waals surface area contributed by atoms with Crippen molar-refractivity contribution in [2.75, 3.05) is 0 Å². The first-order chi connectivity index (χ1) is 4.86. The molecule has 10 heavy (non-hydrogen) atoms. The van der Waals surface area contributed by atoms with Crippen LogP contribution in [0.25, 0.3) is 0 Å². The Labute approximate surface area is 64.0 Å². The molecule has 1 saturated carbocycles. The van der Waals surface area contributed by atoms with Crippen molar-refractivity contribution in [2.24, 2.45) is 11.8 Å². The molecule has 1 aliphatic carbocycles. The van der Waals surface area contributed by atoms with Gasteiger partial charge in [-0.2, -0.15) is 0 Å². The summed E-state index contributed by atoms with van der Waals surface area (Å²) >= 11 is 0. The quantitative estimate of drug-likeness (QED) is 0.521. The van der Waals surface area contributed by atoms with Gasteiger partial charge in [-0.25, -0.2) is 0 Å². The molecule has 1 aliphatic rings. The maximum atomic E-state index is 5.34. The predicted molar refractivity (Wildman–Crippen MR) is 44.6 cm³/mol. The van der Waals surface area contributed by atoms with Gasteiger partial charge in [-0.1, -0.05) is 19.8 Å². The van der Waals surface area contributed by atoms with Gasteiger partial charge in [0.25, 0.3) is 0 Å². The highest BCUT2D eigenvalue weighted by atomic mass is 14.3. The number of rotatable bonds is 4. The summed E-state index contributed by atoms with van der Waals surface area (Å²) in [5.41, 5.74) is 0. The molecule has 1 rings (SSSR count). The molecule has 56 valence electrons. The number of hydrogen-bond acceptors (Lipinski definition) is 0. The monoisotopic (exact) mass is 136 g/mol. The van der Waals surface area contributed by atoms with E-state index in [9.17, 15) is 0 Å². The molecule has 1 fully saturated rings. The zero-order valence-corrected chi connectivity index (χ0v) is 6.77. The lowest BCUT2D eigenvalue weighted by Gasteiger charge is -2.04. The van der Waals surface area contributed by atoms with Crippen molar-refractivity contribution >= 4 is 0 Å². The molecular weight excluding hydrogens is 120 g/mol. The fraction of sp³-hybridized carbons (Fsp3) is 0.800. The fourth-order valence-electron chi connectivity index (χ4n) is 1.25. The van der Waals surface area contributed by atoms with E-state index in [0.717, 1.165) is 12.3 Å². The first-order valence-corrected chi connectivity index (χ1v) is 4.33. The molecule has 0 aromatic rings. The van der Waals surface area contributed by atoms with Crippen molar-refractivity contribution in [1.82, 2.24) is 0 Å². The minimum absolute atomic E-state index is 0.556. The zero-order valence-electron chi connectivity index (χ0n) is 6.77. The Morgan fingerprint density at radius 1 is 1.60 bits per heavy atom. The van der Waals surface area contributed by atoms with E-state index in [2.05, 4.69) is 12.8 Å². The molecule has 0 heteroatoms. The van der Waals surface area contributed by atoms with Crippen LogP contribution in [0.5, 0.6) is 0 Å². The predicted octanol–water partition coefficient (Wildman–Crippen LogP) is 2.84. The Kier molecular flexibility index (Phi) is 2.81. The lowest BCUT2D eigenvalue weighted by atomic mass is 10.00. The standard InChI is InChI=1S/C10H16/c1-3-9(4-2)5-6-10-7-8-10/h1,9-10H,4-8H2,2H3. The van der Waals surface area contributed by atoms with Gasteiger partial charge in [0, 0.05) is 5.92 Å². The largest absolute Gasteiger partial charge is 0.120 e. The smallest absolute Gasteiger partial charge is 0.0197 e. The minimum atomic E-state index is 0.556. The van der Waals surface area contributed by atoms with Crippen molar-refractivity contribution in [3.05, 3.63) is 0 Å². The van der Waals surface area contributed by atoms with Gasteiger partial charge in [0.05, 0.1) is 0 Å². The molecule has 0 radical (unpaired) electrons. The second-order valence-corrected chi connectivity index (χ2v) is 3.29. The van der Waals surface area contributed by atoms with Crippen LogP contribution in [0.15, 0.2) is 0 Å². The number of terminal acetylenes is 1. The first-order valence-electron chi connectivity index (χ1n) is 4.33. The van der Waals surface area contributed by atoms with Crippen LogP contribution in [-0.2, 0) is 0 Å². The Morgan fingerprint density at radius 3 is 2.70 bits per heavy atom. The molecule has 1 atom stereocenters. The molecule has 0 amide bonds. The third-order valence-corrected chi connectivity index (χ3v) is 2.35. The highest BCUT2D eigenvalue weighted by molar-refractivity contribution is 4.92. The molecule has 0 bridgehead atoms. The minimum Gasteiger partial charge on any atom is -0.120 e. The average Bonchev–Trinajstić information content (AvgIpc) is 2.74. The van der Waals surface area contributed by atoms with E-state index in [1.54, 1.807) is 0 Å². The van der Waals surface area contributed by atoms with E-state index in [1.165, 1.54) is 25.7 Å². The van der Waals surface area contributed by atoms with Crippen LogP contribution < -0.4 is 0 Å². The zero-order chi connectivity index (χ0) is 7.40. The van der Waals surface area contributed by atoms with Gasteiger partial charge in [-0.15, -0.1) is 12.3 Å². The van der Waals surface area contributed by atoms with Crippen molar-refractivity contribution in [3.8, 4) is 12.3 Å². The summed E-state index contributed by atoms with van der Waals surface area (Å²) in [6.45, 7) is 2.18. The van der Waals surface area contributed by atoms with Crippen LogP contribution in [0, 0.1) is 24.2 Å². The molecule has 1 unspecified atom stereocenters. The molecule has 0 saturated heterocycles. The Morgan fingerprint density at radius 2 is 2.30 bits per heavy atom. The maximum absolute atomic E-state index is 5.34. The SMILES string of the molecule is C#CC(CC)CCC1CC1. The fourth-order valence-corrected chi connectivity index (χ4v) is 1.25. The highest BCUT2D eigenvalue weighted by Crippen LogP contribution is 2.34. The van der Waals surface area contributed by atoms with Gasteiger partial charge in [0.2, 0.25) is 0 Å². The average molecular weight is 136 g/mol. The van der Waals surface area contributed by atoms with Crippen molar-refractivity contribution in [3.63, 3.8) is 0 Å². The van der Waals surface area contributed by atoms with Gasteiger partial charge >= 0.3 is 0 Å². The topological polar surface area (TPSA) is 0 Å². The summed E-state index contributed by atoms with van der Waals surface area (Å²) in [5.74, 6) is 4.43. The van der Waals surface area contributed by atoms with Crippen molar-refractivity contribution in [1.29, 1.82) is 0 Å². The van der Waals surface area contributed by atoms with E-state index in [-0.39, 0.29) is 0 Å². The van der Waals surface area contributed by atoms with Crippen molar-refractivity contribution < 1.29 is 0 Å². The lowest BCUT2D eigenvalue weighted by molar-refractivity contribution is 0.535. The summed E-state index contributed by atoms with van der Waals surface area (Å²) < 4.78 is 0. The van der Waals surface area contributed by atoms with Gasteiger partial charge in [-0.05, 0) is 25.2 Å². The lowest BCUT2D eigenvalue weighted by Crippen LogP contribution is -1.94. The third-order valence-electron chi connectivity index (χ3n) is 2.35. The second-order valence-electron chi connectivity index (χ2n) is 3.29. The van der Waals surface area contributed by atoms with E-state index in [0.29, 0.717) is 5.92 Å². The van der Waals surface area contributed by atoms with E-state index in [1.807, 2.05) is 0 Å². The Hall–Kier alpha value is -0.440. The molecule has 0 aliphatic heterocycles. The Balaban J connectivity index is 2.04. The summed E-state index contributed by atoms with van der Waals surface area (Å²) in [6, 6.07) is 0. The first kappa shape index (κ1) is 7.66. The van der Waals surface area contributed by atoms with Crippen LogP contribution >= 0.6 is 0 Å².